The summed E-state index contributed by atoms with van der Waals surface area (Å²) in [4.78, 5) is 22.6. The van der Waals surface area contributed by atoms with Crippen molar-refractivity contribution in [3.05, 3.63) is 77.4 Å². The zero-order chi connectivity index (χ0) is 26.8. The summed E-state index contributed by atoms with van der Waals surface area (Å²) in [5.74, 6) is 0.136. The highest BCUT2D eigenvalue weighted by molar-refractivity contribution is 5.94. The molecule has 2 aromatic carbocycles. The van der Waals surface area contributed by atoms with Gasteiger partial charge in [-0.3, -0.25) is 14.3 Å². The molecule has 194 valence electrons. The molecule has 4 aromatic rings. The average Bonchev–Trinajstić information content (AvgIpc) is 3.45. The van der Waals surface area contributed by atoms with E-state index in [0.29, 0.717) is 11.7 Å². The Balaban J connectivity index is 1.47. The molecule has 0 saturated carbocycles. The maximum atomic E-state index is 13.1. The van der Waals surface area contributed by atoms with Gasteiger partial charge in [0.05, 0.1) is 23.9 Å². The Morgan fingerprint density at radius 2 is 1.84 bits per heavy atom. The minimum Gasteiger partial charge on any atom is -0.453 e. The van der Waals surface area contributed by atoms with Gasteiger partial charge >= 0.3 is 6.18 Å². The van der Waals surface area contributed by atoms with Crippen LogP contribution in [-0.2, 0) is 23.2 Å². The fourth-order valence-corrected chi connectivity index (χ4v) is 3.39. The van der Waals surface area contributed by atoms with Gasteiger partial charge in [-0.1, -0.05) is 35.5 Å². The maximum absolute atomic E-state index is 13.1. The van der Waals surface area contributed by atoms with Gasteiger partial charge in [0, 0.05) is 12.5 Å². The summed E-state index contributed by atoms with van der Waals surface area (Å²) in [5.41, 5.74) is 2.36. The Labute approximate surface area is 210 Å². The molecule has 1 amide bonds. The van der Waals surface area contributed by atoms with Gasteiger partial charge in [-0.15, -0.1) is 0 Å². The molecule has 9 nitrogen and oxygen atoms in total. The van der Waals surface area contributed by atoms with Gasteiger partial charge in [-0.2, -0.15) is 23.3 Å². The largest absolute Gasteiger partial charge is 0.453 e. The molecule has 37 heavy (non-hydrogen) atoms. The van der Waals surface area contributed by atoms with Crippen LogP contribution in [0.3, 0.4) is 0 Å². The van der Waals surface area contributed by atoms with Gasteiger partial charge in [0.25, 0.3) is 5.91 Å². The lowest BCUT2D eigenvalue weighted by Gasteiger charge is -2.22. The van der Waals surface area contributed by atoms with Gasteiger partial charge in [0.15, 0.2) is 11.4 Å². The molecular formula is C25H24F3N5O4. The van der Waals surface area contributed by atoms with Crippen LogP contribution in [0.25, 0.3) is 11.4 Å². The van der Waals surface area contributed by atoms with Gasteiger partial charge in [0.2, 0.25) is 11.7 Å². The molecule has 0 radical (unpaired) electrons. The van der Waals surface area contributed by atoms with E-state index in [9.17, 15) is 18.0 Å². The summed E-state index contributed by atoms with van der Waals surface area (Å²) in [7, 11) is 0. The minimum absolute atomic E-state index is 0.00673. The molecule has 4 rings (SSSR count). The molecule has 2 heterocycles. The average molecular weight is 515 g/mol. The van der Waals surface area contributed by atoms with E-state index in [0.717, 1.165) is 23.3 Å². The number of hydrogen-bond donors (Lipinski definition) is 1. The standard InChI is InChI=1S/C25H24F3N5O4/c1-15-30-22(31-37-15)17-10-8-16(9-11-17)14-35-32-23(34)21-20(13-29-33(21)24(2,3)4)36-19-7-5-6-18(12-19)25(26,27)28/h5-13H,14H2,1-4H3,(H,32,34). The molecular weight excluding hydrogens is 491 g/mol. The summed E-state index contributed by atoms with van der Waals surface area (Å²) in [6.45, 7) is 7.20. The van der Waals surface area contributed by atoms with Crippen LogP contribution in [0.5, 0.6) is 11.5 Å². The highest BCUT2D eigenvalue weighted by atomic mass is 19.4. The maximum Gasteiger partial charge on any atom is 0.416 e. The second-order valence-corrected chi connectivity index (χ2v) is 9.12. The first-order valence-electron chi connectivity index (χ1n) is 11.2. The van der Waals surface area contributed by atoms with E-state index in [1.165, 1.54) is 23.0 Å². The molecule has 0 aliphatic rings. The molecule has 0 fully saturated rings. The summed E-state index contributed by atoms with van der Waals surface area (Å²) >= 11 is 0. The number of carbonyl (C=O) groups is 1. The van der Waals surface area contributed by atoms with Crippen molar-refractivity contribution in [1.82, 2.24) is 25.4 Å². The molecule has 0 atom stereocenters. The van der Waals surface area contributed by atoms with E-state index in [2.05, 4.69) is 20.7 Å². The van der Waals surface area contributed by atoms with E-state index in [1.54, 1.807) is 31.2 Å². The zero-order valence-corrected chi connectivity index (χ0v) is 20.5. The van der Waals surface area contributed by atoms with Gasteiger partial charge in [0.1, 0.15) is 5.75 Å². The lowest BCUT2D eigenvalue weighted by Crippen LogP contribution is -2.32. The number of nitrogens with zero attached hydrogens (tertiary/aromatic N) is 4. The number of hydroxylamine groups is 1. The van der Waals surface area contributed by atoms with Crippen molar-refractivity contribution in [2.45, 2.75) is 46.0 Å². The van der Waals surface area contributed by atoms with Crippen molar-refractivity contribution < 1.29 is 32.1 Å². The molecule has 12 heteroatoms. The Bertz CT molecular complexity index is 1390. The molecule has 0 spiro atoms. The van der Waals surface area contributed by atoms with Crippen LogP contribution in [0, 0.1) is 6.92 Å². The number of carbonyl (C=O) groups excluding carboxylic acids is 1. The Morgan fingerprint density at radius 1 is 1.11 bits per heavy atom. The SMILES string of the molecule is Cc1nc(-c2ccc(CONC(=O)c3c(Oc4cccc(C(F)(F)F)c4)cnn3C(C)(C)C)cc2)no1. The second kappa shape index (κ2) is 10.1. The Kier molecular flexibility index (Phi) is 7.03. The Morgan fingerprint density at radius 3 is 2.46 bits per heavy atom. The molecule has 0 aliphatic carbocycles. The topological polar surface area (TPSA) is 104 Å². The van der Waals surface area contributed by atoms with Crippen LogP contribution in [0.1, 0.15) is 48.3 Å². The number of aromatic nitrogens is 4. The van der Waals surface area contributed by atoms with Crippen LogP contribution in [0.2, 0.25) is 0 Å². The number of rotatable bonds is 7. The first-order valence-corrected chi connectivity index (χ1v) is 11.2. The predicted molar refractivity (Wildman–Crippen MR) is 125 cm³/mol. The number of halogens is 3. The summed E-state index contributed by atoms with van der Waals surface area (Å²) < 4.78 is 51.3. The van der Waals surface area contributed by atoms with Gasteiger partial charge in [-0.25, -0.2) is 5.48 Å². The molecule has 2 aromatic heterocycles. The third kappa shape index (κ3) is 6.15. The van der Waals surface area contributed by atoms with Crippen molar-refractivity contribution in [2.75, 3.05) is 0 Å². The fourth-order valence-electron chi connectivity index (χ4n) is 3.39. The van der Waals surface area contributed by atoms with Crippen molar-refractivity contribution >= 4 is 5.91 Å². The first kappa shape index (κ1) is 25.9. The third-order valence-corrected chi connectivity index (χ3v) is 5.12. The quantitative estimate of drug-likeness (QED) is 0.316. The summed E-state index contributed by atoms with van der Waals surface area (Å²) in [6.07, 6.45) is -3.26. The van der Waals surface area contributed by atoms with Crippen LogP contribution in [0.15, 0.2) is 59.3 Å². The van der Waals surface area contributed by atoms with Crippen molar-refractivity contribution in [1.29, 1.82) is 0 Å². The molecule has 0 bridgehead atoms. The van der Waals surface area contributed by atoms with E-state index in [4.69, 9.17) is 14.1 Å². The van der Waals surface area contributed by atoms with Crippen molar-refractivity contribution in [3.63, 3.8) is 0 Å². The Hall–Kier alpha value is -4.19. The lowest BCUT2D eigenvalue weighted by atomic mass is 10.1. The number of amides is 1. The minimum atomic E-state index is -4.54. The molecule has 0 saturated heterocycles. The van der Waals surface area contributed by atoms with Crippen LogP contribution in [0.4, 0.5) is 13.2 Å². The molecule has 0 aliphatic heterocycles. The fraction of sp³-hybridized carbons (Fsp3) is 0.280. The second-order valence-electron chi connectivity index (χ2n) is 9.12. The lowest BCUT2D eigenvalue weighted by molar-refractivity contribution is -0.137. The normalized spacial score (nSPS) is 12.0. The van der Waals surface area contributed by atoms with Crippen LogP contribution >= 0.6 is 0 Å². The van der Waals surface area contributed by atoms with E-state index >= 15 is 0 Å². The van der Waals surface area contributed by atoms with Crippen molar-refractivity contribution in [2.24, 2.45) is 0 Å². The number of alkyl halides is 3. The molecule has 0 unspecified atom stereocenters. The highest BCUT2D eigenvalue weighted by Crippen LogP contribution is 2.34. The highest BCUT2D eigenvalue weighted by Gasteiger charge is 2.31. The monoisotopic (exact) mass is 515 g/mol. The van der Waals surface area contributed by atoms with E-state index in [1.807, 2.05) is 20.8 Å². The van der Waals surface area contributed by atoms with Crippen molar-refractivity contribution in [3.8, 4) is 22.9 Å². The molecule has 1 N–H and O–H groups in total. The smallest absolute Gasteiger partial charge is 0.416 e. The predicted octanol–water partition coefficient (Wildman–Crippen LogP) is 5.67. The van der Waals surface area contributed by atoms with E-state index in [-0.39, 0.29) is 23.8 Å². The van der Waals surface area contributed by atoms with Crippen LogP contribution < -0.4 is 10.2 Å². The number of ether oxygens (including phenoxy) is 1. The van der Waals surface area contributed by atoms with Crippen LogP contribution in [-0.4, -0.2) is 25.8 Å². The third-order valence-electron chi connectivity index (χ3n) is 5.12. The zero-order valence-electron chi connectivity index (χ0n) is 20.5. The van der Waals surface area contributed by atoms with Gasteiger partial charge < -0.3 is 9.26 Å². The number of benzene rings is 2. The van der Waals surface area contributed by atoms with E-state index < -0.39 is 23.2 Å². The van der Waals surface area contributed by atoms with Gasteiger partial charge in [-0.05, 0) is 44.5 Å². The summed E-state index contributed by atoms with van der Waals surface area (Å²) in [5, 5.41) is 8.08. The summed E-state index contributed by atoms with van der Waals surface area (Å²) in [6, 6.07) is 11.5. The first-order chi connectivity index (χ1) is 17.4. The number of hydrogen-bond acceptors (Lipinski definition) is 7. The number of aryl methyl sites for hydroxylation is 1. The number of nitrogens with one attached hydrogen (secondary N) is 1.